The summed E-state index contributed by atoms with van der Waals surface area (Å²) in [7, 11) is 1.37. The zero-order chi connectivity index (χ0) is 8.15. The molecule has 0 amide bonds. The van der Waals surface area contributed by atoms with Crippen LogP contribution in [0.1, 0.15) is 6.92 Å². The monoisotopic (exact) mass is 182 g/mol. The molecule has 0 bridgehead atoms. The van der Waals surface area contributed by atoms with Crippen molar-refractivity contribution in [2.24, 2.45) is 0 Å². The Bertz CT molecular complexity index is 116. The minimum Gasteiger partial charge on any atom is -0.468 e. The van der Waals surface area contributed by atoms with Crippen molar-refractivity contribution in [3.8, 4) is 0 Å². The summed E-state index contributed by atoms with van der Waals surface area (Å²) in [6.45, 7) is 1.78. The van der Waals surface area contributed by atoms with Crippen molar-refractivity contribution in [1.82, 2.24) is 0 Å². The van der Waals surface area contributed by atoms with E-state index in [0.29, 0.717) is 0 Å². The van der Waals surface area contributed by atoms with Crippen molar-refractivity contribution in [1.29, 1.82) is 0 Å². The van der Waals surface area contributed by atoms with Crippen LogP contribution in [0.5, 0.6) is 0 Å². The van der Waals surface area contributed by atoms with Crippen LogP contribution in [-0.2, 0) is 9.53 Å². The van der Waals surface area contributed by atoms with E-state index in [4.69, 9.17) is 11.6 Å². The van der Waals surface area contributed by atoms with E-state index in [1.165, 1.54) is 18.9 Å². The third-order valence-electron chi connectivity index (χ3n) is 1.10. The van der Waals surface area contributed by atoms with Crippen LogP contribution in [0, 0.1) is 0 Å². The smallest absolute Gasteiger partial charge is 0.320 e. The molecule has 0 aliphatic heterocycles. The Morgan fingerprint density at radius 1 is 1.70 bits per heavy atom. The zero-order valence-electron chi connectivity index (χ0n) is 6.26. The predicted octanol–water partition coefficient (Wildman–Crippen LogP) is 1.52. The van der Waals surface area contributed by atoms with Gasteiger partial charge in [0.15, 0.2) is 0 Å². The zero-order valence-corrected chi connectivity index (χ0v) is 7.83. The molecule has 4 heteroatoms. The van der Waals surface area contributed by atoms with Gasteiger partial charge >= 0.3 is 5.97 Å². The fourth-order valence-electron chi connectivity index (χ4n) is 0.587. The molecule has 10 heavy (non-hydrogen) atoms. The highest BCUT2D eigenvalue weighted by molar-refractivity contribution is 8.00. The third-order valence-corrected chi connectivity index (χ3v) is 2.61. The lowest BCUT2D eigenvalue weighted by Crippen LogP contribution is -2.26. The molecular weight excluding hydrogens is 172 g/mol. The molecule has 0 rings (SSSR count). The summed E-state index contributed by atoms with van der Waals surface area (Å²) in [4.78, 5) is 10.9. The van der Waals surface area contributed by atoms with E-state index in [-0.39, 0.29) is 16.6 Å². The average molecular weight is 183 g/mol. The maximum absolute atomic E-state index is 10.9. The van der Waals surface area contributed by atoms with Gasteiger partial charge in [-0.25, -0.2) is 0 Å². The van der Waals surface area contributed by atoms with Gasteiger partial charge in [-0.15, -0.1) is 23.4 Å². The summed E-state index contributed by atoms with van der Waals surface area (Å²) in [5.74, 6) is -0.255. The summed E-state index contributed by atoms with van der Waals surface area (Å²) >= 11 is 7.10. The highest BCUT2D eigenvalue weighted by atomic mass is 35.5. The van der Waals surface area contributed by atoms with Crippen molar-refractivity contribution in [2.45, 2.75) is 17.6 Å². The van der Waals surface area contributed by atoms with Crippen molar-refractivity contribution in [3.05, 3.63) is 0 Å². The van der Waals surface area contributed by atoms with Gasteiger partial charge in [0.05, 0.1) is 12.5 Å². The van der Waals surface area contributed by atoms with Gasteiger partial charge in [0, 0.05) is 0 Å². The number of alkyl halides is 1. The average Bonchev–Trinajstić information content (AvgIpc) is 1.88. The normalized spacial score (nSPS) is 16.0. The summed E-state index contributed by atoms with van der Waals surface area (Å²) in [5, 5.41) is -0.422. The Balaban J connectivity index is 3.93. The quantitative estimate of drug-likeness (QED) is 0.489. The molecule has 2 nitrogen and oxygen atoms in total. The van der Waals surface area contributed by atoms with Crippen LogP contribution in [0.3, 0.4) is 0 Å². The molecule has 0 radical (unpaired) electrons. The molecule has 60 valence electrons. The maximum atomic E-state index is 10.9. The number of hydrogen-bond acceptors (Lipinski definition) is 3. The Labute approximate surface area is 70.3 Å². The van der Waals surface area contributed by atoms with Crippen LogP contribution in [0.25, 0.3) is 0 Å². The molecule has 0 aliphatic rings. The highest BCUT2D eigenvalue weighted by Crippen LogP contribution is 2.16. The summed E-state index contributed by atoms with van der Waals surface area (Å²) in [6, 6.07) is 0. The number of ether oxygens (including phenoxy) is 1. The van der Waals surface area contributed by atoms with Crippen molar-refractivity contribution in [2.75, 3.05) is 13.4 Å². The minimum atomic E-state index is -0.255. The van der Waals surface area contributed by atoms with Gasteiger partial charge in [-0.05, 0) is 13.2 Å². The van der Waals surface area contributed by atoms with Crippen LogP contribution < -0.4 is 0 Å². The van der Waals surface area contributed by atoms with Crippen LogP contribution in [0.15, 0.2) is 0 Å². The number of thioether (sulfide) groups is 1. The van der Waals surface area contributed by atoms with Gasteiger partial charge in [0.25, 0.3) is 0 Å². The van der Waals surface area contributed by atoms with Crippen molar-refractivity contribution < 1.29 is 9.53 Å². The van der Waals surface area contributed by atoms with Gasteiger partial charge in [-0.1, -0.05) is 0 Å². The first-order chi connectivity index (χ1) is 4.63. The summed E-state index contributed by atoms with van der Waals surface area (Å²) in [5.41, 5.74) is 0. The van der Waals surface area contributed by atoms with E-state index in [1.54, 1.807) is 6.92 Å². The molecule has 0 aliphatic carbocycles. The Kier molecular flexibility index (Phi) is 4.91. The molecule has 0 N–H and O–H groups in total. The second-order valence-electron chi connectivity index (χ2n) is 1.86. The molecule has 0 saturated heterocycles. The third kappa shape index (κ3) is 2.80. The number of rotatable bonds is 3. The Hall–Kier alpha value is 0.110. The van der Waals surface area contributed by atoms with E-state index in [9.17, 15) is 4.79 Å². The van der Waals surface area contributed by atoms with Crippen molar-refractivity contribution in [3.63, 3.8) is 0 Å². The number of carbonyl (C=O) groups is 1. The number of methoxy groups -OCH3 is 1. The van der Waals surface area contributed by atoms with E-state index in [1.807, 2.05) is 6.26 Å². The molecule has 0 saturated carbocycles. The van der Waals surface area contributed by atoms with Gasteiger partial charge in [-0.3, -0.25) is 4.79 Å². The van der Waals surface area contributed by atoms with E-state index in [0.717, 1.165) is 0 Å². The van der Waals surface area contributed by atoms with Crippen LogP contribution in [0.2, 0.25) is 0 Å². The maximum Gasteiger partial charge on any atom is 0.320 e. The SMILES string of the molecule is COC(=O)[C@H](SC)[C@H](C)Cl. The van der Waals surface area contributed by atoms with Crippen LogP contribution >= 0.6 is 23.4 Å². The molecule has 0 aromatic carbocycles. The van der Waals surface area contributed by atoms with Gasteiger partial charge < -0.3 is 4.74 Å². The molecule has 0 spiro atoms. The second kappa shape index (κ2) is 4.85. The lowest BCUT2D eigenvalue weighted by Gasteiger charge is -2.12. The standard InChI is InChI=1S/C6H11ClO2S/c1-4(7)5(10-3)6(8)9-2/h4-5H,1-3H3/t4-,5+/m0/s1. The van der Waals surface area contributed by atoms with Crippen LogP contribution in [0.4, 0.5) is 0 Å². The fourth-order valence-corrected chi connectivity index (χ4v) is 1.66. The van der Waals surface area contributed by atoms with E-state index < -0.39 is 0 Å². The lowest BCUT2D eigenvalue weighted by atomic mass is 10.3. The van der Waals surface area contributed by atoms with Crippen LogP contribution in [-0.4, -0.2) is 30.0 Å². The number of halogens is 1. The largest absolute Gasteiger partial charge is 0.468 e. The number of hydrogen-bond donors (Lipinski definition) is 0. The molecule has 0 aromatic rings. The summed E-state index contributed by atoms with van der Waals surface area (Å²) < 4.78 is 4.52. The second-order valence-corrected chi connectivity index (χ2v) is 3.52. The minimum absolute atomic E-state index is 0.178. The van der Waals surface area contributed by atoms with E-state index in [2.05, 4.69) is 4.74 Å². The lowest BCUT2D eigenvalue weighted by molar-refractivity contribution is -0.139. The molecule has 0 aromatic heterocycles. The highest BCUT2D eigenvalue weighted by Gasteiger charge is 2.22. The molecule has 0 fully saturated rings. The molecule has 2 atom stereocenters. The van der Waals surface area contributed by atoms with E-state index >= 15 is 0 Å². The molecule has 0 heterocycles. The number of carbonyl (C=O) groups excluding carboxylic acids is 1. The first-order valence-corrected chi connectivity index (χ1v) is 4.60. The van der Waals surface area contributed by atoms with Gasteiger partial charge in [0.1, 0.15) is 5.25 Å². The first-order valence-electron chi connectivity index (χ1n) is 2.88. The Morgan fingerprint density at radius 2 is 2.20 bits per heavy atom. The predicted molar refractivity (Wildman–Crippen MR) is 44.6 cm³/mol. The molecular formula is C6H11ClO2S. The van der Waals surface area contributed by atoms with Gasteiger partial charge in [-0.2, -0.15) is 0 Å². The summed E-state index contributed by atoms with van der Waals surface area (Å²) in [6.07, 6.45) is 1.83. The molecule has 0 unspecified atom stereocenters. The Morgan fingerprint density at radius 3 is 2.30 bits per heavy atom. The first kappa shape index (κ1) is 10.1. The topological polar surface area (TPSA) is 26.3 Å². The van der Waals surface area contributed by atoms with Crippen molar-refractivity contribution >= 4 is 29.3 Å². The number of esters is 1. The fraction of sp³-hybridized carbons (Fsp3) is 0.833. The van der Waals surface area contributed by atoms with Gasteiger partial charge in [0.2, 0.25) is 0 Å².